The van der Waals surface area contributed by atoms with E-state index in [9.17, 15) is 12.8 Å². The highest BCUT2D eigenvalue weighted by atomic mass is 32.2. The number of benzene rings is 1. The maximum atomic E-state index is 13.4. The van der Waals surface area contributed by atoms with E-state index >= 15 is 0 Å². The monoisotopic (exact) mass is 365 g/mol. The van der Waals surface area contributed by atoms with E-state index in [4.69, 9.17) is 5.14 Å². The van der Waals surface area contributed by atoms with Gasteiger partial charge in [-0.15, -0.1) is 0 Å². The van der Waals surface area contributed by atoms with Crippen molar-refractivity contribution in [1.82, 2.24) is 14.3 Å². The third kappa shape index (κ3) is 3.07. The fourth-order valence-electron chi connectivity index (χ4n) is 3.98. The number of piperidine rings is 1. The number of aromatic nitrogens is 2. The molecule has 0 radical (unpaired) electrons. The van der Waals surface area contributed by atoms with Gasteiger partial charge in [0.1, 0.15) is 18.0 Å². The van der Waals surface area contributed by atoms with Gasteiger partial charge in [-0.25, -0.2) is 19.5 Å². The highest BCUT2D eigenvalue weighted by Gasteiger charge is 2.43. The lowest BCUT2D eigenvalue weighted by Gasteiger charge is -2.40. The van der Waals surface area contributed by atoms with Crippen LogP contribution >= 0.6 is 0 Å². The Labute approximate surface area is 145 Å². The maximum absolute atomic E-state index is 13.4. The van der Waals surface area contributed by atoms with Gasteiger partial charge in [0, 0.05) is 37.6 Å². The zero-order valence-electron chi connectivity index (χ0n) is 13.7. The fourth-order valence-corrected chi connectivity index (χ4v) is 4.78. The van der Waals surface area contributed by atoms with Crippen molar-refractivity contribution in [1.29, 1.82) is 0 Å². The Morgan fingerprint density at radius 1 is 1.12 bits per heavy atom. The number of hydrogen-bond acceptors (Lipinski definition) is 5. The average Bonchev–Trinajstić information content (AvgIpc) is 2.99. The summed E-state index contributed by atoms with van der Waals surface area (Å²) < 4.78 is 37.9. The van der Waals surface area contributed by atoms with Crippen molar-refractivity contribution in [3.8, 4) is 0 Å². The largest absolute Gasteiger partial charge is 0.356 e. The van der Waals surface area contributed by atoms with Crippen molar-refractivity contribution in [3.63, 3.8) is 0 Å². The van der Waals surface area contributed by atoms with Crippen LogP contribution in [0.2, 0.25) is 0 Å². The first-order chi connectivity index (χ1) is 11.9. The first-order valence-corrected chi connectivity index (χ1v) is 9.80. The molecule has 0 aliphatic carbocycles. The molecule has 0 atom stereocenters. The zero-order chi connectivity index (χ0) is 17.7. The summed E-state index contributed by atoms with van der Waals surface area (Å²) in [7, 11) is -3.61. The Morgan fingerprint density at radius 2 is 1.84 bits per heavy atom. The third-order valence-electron chi connectivity index (χ3n) is 5.46. The number of halogens is 1. The smallest absolute Gasteiger partial charge is 0.276 e. The first kappa shape index (κ1) is 16.6. The second kappa shape index (κ2) is 5.86. The van der Waals surface area contributed by atoms with Crippen LogP contribution in [0, 0.1) is 11.2 Å². The highest BCUT2D eigenvalue weighted by molar-refractivity contribution is 7.86. The topological polar surface area (TPSA) is 92.4 Å². The van der Waals surface area contributed by atoms with E-state index in [0.29, 0.717) is 18.6 Å². The quantitative estimate of drug-likeness (QED) is 0.865. The van der Waals surface area contributed by atoms with Gasteiger partial charge in [-0.1, -0.05) is 0 Å². The Balaban J connectivity index is 1.53. The molecular weight excluding hydrogens is 345 g/mol. The number of nitrogens with zero attached hydrogens (tertiary/aromatic N) is 4. The summed E-state index contributed by atoms with van der Waals surface area (Å²) in [5.74, 6) is 0.491. The molecule has 9 heteroatoms. The normalized spacial score (nSPS) is 21.3. The molecule has 1 aromatic carbocycles. The van der Waals surface area contributed by atoms with Crippen LogP contribution in [-0.4, -0.2) is 48.9 Å². The van der Waals surface area contributed by atoms with Crippen molar-refractivity contribution in [2.75, 3.05) is 31.1 Å². The summed E-state index contributed by atoms with van der Waals surface area (Å²) in [4.78, 5) is 10.7. The van der Waals surface area contributed by atoms with Gasteiger partial charge in [0.2, 0.25) is 0 Å². The van der Waals surface area contributed by atoms with Crippen LogP contribution in [0.5, 0.6) is 0 Å². The van der Waals surface area contributed by atoms with Gasteiger partial charge in [0.25, 0.3) is 10.2 Å². The lowest BCUT2D eigenvalue weighted by atomic mass is 9.78. The van der Waals surface area contributed by atoms with Crippen LogP contribution in [0.4, 0.5) is 10.2 Å². The third-order valence-corrected chi connectivity index (χ3v) is 6.50. The standard InChI is InChI=1S/C16H20FN5O2S/c17-12-1-2-13-14(9-12)19-11-20-15(13)21-6-3-16(4-7-21)5-8-22(10-16)25(18,23)24/h1-2,9,11H,3-8,10H2,(H2,18,23,24). The van der Waals surface area contributed by atoms with Crippen LogP contribution in [0.3, 0.4) is 0 Å². The van der Waals surface area contributed by atoms with Crippen molar-refractivity contribution in [3.05, 3.63) is 30.3 Å². The molecule has 0 unspecified atom stereocenters. The number of anilines is 1. The van der Waals surface area contributed by atoms with Crippen molar-refractivity contribution >= 4 is 26.9 Å². The van der Waals surface area contributed by atoms with E-state index in [1.807, 2.05) is 0 Å². The van der Waals surface area contributed by atoms with Crippen molar-refractivity contribution in [2.45, 2.75) is 19.3 Å². The highest BCUT2D eigenvalue weighted by Crippen LogP contribution is 2.42. The van der Waals surface area contributed by atoms with E-state index in [2.05, 4.69) is 14.9 Å². The van der Waals surface area contributed by atoms with E-state index in [0.717, 1.165) is 43.6 Å². The molecule has 1 spiro atoms. The predicted molar refractivity (Wildman–Crippen MR) is 92.7 cm³/mol. The molecule has 2 fully saturated rings. The molecule has 4 rings (SSSR count). The first-order valence-electron chi connectivity index (χ1n) is 8.29. The SMILES string of the molecule is NS(=O)(=O)N1CCC2(CCN(c3ncnc4cc(F)ccc34)CC2)C1. The second-order valence-corrected chi connectivity index (χ2v) is 8.52. The van der Waals surface area contributed by atoms with Gasteiger partial charge in [-0.3, -0.25) is 0 Å². The van der Waals surface area contributed by atoms with E-state index in [1.54, 1.807) is 6.07 Å². The minimum atomic E-state index is -3.61. The lowest BCUT2D eigenvalue weighted by molar-refractivity contribution is 0.234. The Morgan fingerprint density at radius 3 is 2.52 bits per heavy atom. The molecule has 0 bridgehead atoms. The molecule has 2 aliphatic heterocycles. The van der Waals surface area contributed by atoms with E-state index < -0.39 is 10.2 Å². The molecule has 25 heavy (non-hydrogen) atoms. The average molecular weight is 365 g/mol. The van der Waals surface area contributed by atoms with Gasteiger partial charge in [0.05, 0.1) is 5.52 Å². The lowest BCUT2D eigenvalue weighted by Crippen LogP contribution is -2.43. The molecule has 0 amide bonds. The zero-order valence-corrected chi connectivity index (χ0v) is 14.5. The Bertz CT molecular complexity index is 912. The van der Waals surface area contributed by atoms with Crippen LogP contribution < -0.4 is 10.0 Å². The van der Waals surface area contributed by atoms with E-state index in [-0.39, 0.29) is 11.2 Å². The van der Waals surface area contributed by atoms with Crippen LogP contribution in [0.15, 0.2) is 24.5 Å². The van der Waals surface area contributed by atoms with Crippen molar-refractivity contribution in [2.24, 2.45) is 10.6 Å². The number of hydrogen-bond donors (Lipinski definition) is 1. The van der Waals surface area contributed by atoms with Gasteiger partial charge in [0.15, 0.2) is 0 Å². The molecular formula is C16H20FN5O2S. The Kier molecular flexibility index (Phi) is 3.89. The van der Waals surface area contributed by atoms with Crippen LogP contribution in [0.1, 0.15) is 19.3 Å². The minimum Gasteiger partial charge on any atom is -0.356 e. The van der Waals surface area contributed by atoms with E-state index in [1.165, 1.54) is 22.8 Å². The molecule has 2 N–H and O–H groups in total. The van der Waals surface area contributed by atoms with Crippen LogP contribution in [-0.2, 0) is 10.2 Å². The summed E-state index contributed by atoms with van der Waals surface area (Å²) in [6, 6.07) is 4.54. The molecule has 2 aromatic rings. The molecule has 1 aromatic heterocycles. The molecule has 0 saturated carbocycles. The molecule has 7 nitrogen and oxygen atoms in total. The van der Waals surface area contributed by atoms with Gasteiger partial charge in [-0.05, 0) is 36.8 Å². The molecule has 2 aliphatic rings. The molecule has 134 valence electrons. The molecule has 3 heterocycles. The van der Waals surface area contributed by atoms with Gasteiger partial charge in [-0.2, -0.15) is 12.7 Å². The Hall–Kier alpha value is -1.84. The second-order valence-electron chi connectivity index (χ2n) is 6.97. The maximum Gasteiger partial charge on any atom is 0.276 e. The fraction of sp³-hybridized carbons (Fsp3) is 0.500. The summed E-state index contributed by atoms with van der Waals surface area (Å²) >= 11 is 0. The summed E-state index contributed by atoms with van der Waals surface area (Å²) in [6.07, 6.45) is 4.06. The van der Waals surface area contributed by atoms with Gasteiger partial charge >= 0.3 is 0 Å². The summed E-state index contributed by atoms with van der Waals surface area (Å²) in [6.45, 7) is 2.55. The number of fused-ring (bicyclic) bond motifs is 1. The van der Waals surface area contributed by atoms with Crippen molar-refractivity contribution < 1.29 is 12.8 Å². The number of rotatable bonds is 2. The predicted octanol–water partition coefficient (Wildman–Crippen LogP) is 1.26. The summed E-state index contributed by atoms with van der Waals surface area (Å²) in [5, 5.41) is 6.09. The minimum absolute atomic E-state index is 0.00210. The van der Waals surface area contributed by atoms with Crippen LogP contribution in [0.25, 0.3) is 10.9 Å². The summed E-state index contributed by atoms with van der Waals surface area (Å²) in [5.41, 5.74) is 0.587. The number of nitrogens with two attached hydrogens (primary N) is 1. The van der Waals surface area contributed by atoms with Gasteiger partial charge < -0.3 is 4.90 Å². The molecule has 2 saturated heterocycles.